The van der Waals surface area contributed by atoms with Crippen LogP contribution in [0.4, 0.5) is 14.5 Å². The van der Waals surface area contributed by atoms with Crippen LogP contribution in [0.15, 0.2) is 42.6 Å². The number of rotatable bonds is 5. The van der Waals surface area contributed by atoms with Crippen LogP contribution < -0.4 is 5.32 Å². The molecule has 20 heavy (non-hydrogen) atoms. The zero-order valence-electron chi connectivity index (χ0n) is 10.6. The van der Waals surface area contributed by atoms with E-state index in [9.17, 15) is 13.6 Å². The number of hydrogen-bond acceptors (Lipinski definition) is 2. The van der Waals surface area contributed by atoms with Crippen molar-refractivity contribution in [1.29, 1.82) is 0 Å². The van der Waals surface area contributed by atoms with Crippen LogP contribution in [0.5, 0.6) is 0 Å². The van der Waals surface area contributed by atoms with Crippen LogP contribution in [0.2, 0.25) is 0 Å². The van der Waals surface area contributed by atoms with E-state index in [0.29, 0.717) is 11.3 Å². The van der Waals surface area contributed by atoms with Crippen molar-refractivity contribution in [2.75, 3.05) is 5.32 Å². The molecule has 106 valence electrons. The summed E-state index contributed by atoms with van der Waals surface area (Å²) in [6.07, 6.45) is -1.09. The molecule has 1 aromatic carbocycles. The highest BCUT2D eigenvalue weighted by molar-refractivity contribution is 6.03. The molecular weight excluding hydrogens is 266 g/mol. The summed E-state index contributed by atoms with van der Waals surface area (Å²) < 4.78 is 26.0. The Morgan fingerprint density at radius 3 is 2.80 bits per heavy atom. The Morgan fingerprint density at radius 1 is 1.30 bits per heavy atom. The van der Waals surface area contributed by atoms with Gasteiger partial charge in [-0.05, 0) is 29.8 Å². The van der Waals surface area contributed by atoms with Crippen LogP contribution in [-0.4, -0.2) is 22.0 Å². The number of aliphatic hydroxyl groups excluding tert-OH is 1. The van der Waals surface area contributed by atoms with Gasteiger partial charge in [0.2, 0.25) is 0 Å². The zero-order valence-corrected chi connectivity index (χ0v) is 10.6. The second-order valence-corrected chi connectivity index (χ2v) is 4.25. The van der Waals surface area contributed by atoms with Gasteiger partial charge in [0, 0.05) is 11.9 Å². The molecule has 0 unspecified atom stereocenters. The van der Waals surface area contributed by atoms with E-state index >= 15 is 0 Å². The summed E-state index contributed by atoms with van der Waals surface area (Å²) in [7, 11) is 0. The topological polar surface area (TPSA) is 54.3 Å². The maximum atomic E-state index is 12.4. The van der Waals surface area contributed by atoms with Gasteiger partial charge in [0.1, 0.15) is 5.69 Å². The Kier molecular flexibility index (Phi) is 4.47. The summed E-state index contributed by atoms with van der Waals surface area (Å²) in [5.74, 6) is -0.467. The van der Waals surface area contributed by atoms with E-state index < -0.39 is 18.9 Å². The van der Waals surface area contributed by atoms with Crippen molar-refractivity contribution in [2.24, 2.45) is 0 Å². The smallest absolute Gasteiger partial charge is 0.272 e. The SMILES string of the molecule is O=C(Nc1cccc(CO)c1)c1cccn1CC(F)F. The lowest BCUT2D eigenvalue weighted by Gasteiger charge is -2.10. The maximum absolute atomic E-state index is 12.4. The number of carbonyl (C=O) groups is 1. The Labute approximate surface area is 114 Å². The first kappa shape index (κ1) is 14.2. The number of hydrogen-bond donors (Lipinski definition) is 2. The highest BCUT2D eigenvalue weighted by Gasteiger charge is 2.14. The summed E-state index contributed by atoms with van der Waals surface area (Å²) in [4.78, 5) is 12.0. The van der Waals surface area contributed by atoms with E-state index in [-0.39, 0.29) is 12.3 Å². The molecule has 1 aromatic heterocycles. The van der Waals surface area contributed by atoms with Crippen LogP contribution in [0.3, 0.4) is 0 Å². The number of aromatic nitrogens is 1. The van der Waals surface area contributed by atoms with Crippen molar-refractivity contribution in [1.82, 2.24) is 4.57 Å². The third-order valence-electron chi connectivity index (χ3n) is 2.76. The average Bonchev–Trinajstić information content (AvgIpc) is 2.86. The van der Waals surface area contributed by atoms with Gasteiger partial charge in [-0.1, -0.05) is 12.1 Å². The third kappa shape index (κ3) is 3.42. The van der Waals surface area contributed by atoms with Crippen molar-refractivity contribution < 1.29 is 18.7 Å². The fraction of sp³-hybridized carbons (Fsp3) is 0.214. The standard InChI is InChI=1S/C14H14F2N2O2/c15-13(16)8-18-6-2-5-12(18)14(20)17-11-4-1-3-10(7-11)9-19/h1-7,13,19H,8-9H2,(H,17,20). The van der Waals surface area contributed by atoms with Gasteiger partial charge in [-0.25, -0.2) is 8.78 Å². The summed E-state index contributed by atoms with van der Waals surface area (Å²) in [5.41, 5.74) is 1.33. The predicted octanol–water partition coefficient (Wildman–Crippen LogP) is 2.50. The van der Waals surface area contributed by atoms with Crippen molar-refractivity contribution in [3.8, 4) is 0 Å². The highest BCUT2D eigenvalue weighted by atomic mass is 19.3. The van der Waals surface area contributed by atoms with Gasteiger partial charge in [-0.3, -0.25) is 4.79 Å². The fourth-order valence-corrected chi connectivity index (χ4v) is 1.87. The molecule has 2 rings (SSSR count). The van der Waals surface area contributed by atoms with Crippen LogP contribution in [0.25, 0.3) is 0 Å². The van der Waals surface area contributed by atoms with Crippen molar-refractivity contribution in [3.05, 3.63) is 53.9 Å². The monoisotopic (exact) mass is 280 g/mol. The summed E-state index contributed by atoms with van der Waals surface area (Å²) >= 11 is 0. The average molecular weight is 280 g/mol. The van der Waals surface area contributed by atoms with Crippen LogP contribution in [0, 0.1) is 0 Å². The molecule has 0 aliphatic carbocycles. The lowest BCUT2D eigenvalue weighted by Crippen LogP contribution is -2.18. The largest absolute Gasteiger partial charge is 0.392 e. The summed E-state index contributed by atoms with van der Waals surface area (Å²) in [6.45, 7) is -0.655. The van der Waals surface area contributed by atoms with Gasteiger partial charge in [0.25, 0.3) is 12.3 Å². The highest BCUT2D eigenvalue weighted by Crippen LogP contribution is 2.13. The number of halogens is 2. The Hall–Kier alpha value is -2.21. The normalized spacial score (nSPS) is 10.8. The molecule has 0 aliphatic rings. The Balaban J connectivity index is 2.13. The number of benzene rings is 1. The molecule has 1 heterocycles. The second kappa shape index (κ2) is 6.29. The second-order valence-electron chi connectivity index (χ2n) is 4.25. The molecule has 2 N–H and O–H groups in total. The number of anilines is 1. The molecule has 0 spiro atoms. The minimum absolute atomic E-state index is 0.133. The molecule has 0 saturated heterocycles. The number of aliphatic hydroxyl groups is 1. The number of nitrogens with one attached hydrogen (secondary N) is 1. The van der Waals surface area contributed by atoms with Crippen LogP contribution >= 0.6 is 0 Å². The first-order valence-electron chi connectivity index (χ1n) is 6.04. The van der Waals surface area contributed by atoms with E-state index in [1.807, 2.05) is 0 Å². The van der Waals surface area contributed by atoms with Crippen molar-refractivity contribution in [3.63, 3.8) is 0 Å². The molecule has 2 aromatic rings. The molecule has 0 fully saturated rings. The predicted molar refractivity (Wildman–Crippen MR) is 70.8 cm³/mol. The van der Waals surface area contributed by atoms with Crippen molar-refractivity contribution in [2.45, 2.75) is 19.6 Å². The minimum Gasteiger partial charge on any atom is -0.392 e. The summed E-state index contributed by atoms with van der Waals surface area (Å²) in [6, 6.07) is 9.72. The van der Waals surface area contributed by atoms with E-state index in [4.69, 9.17) is 5.11 Å². The molecule has 6 heteroatoms. The number of nitrogens with zero attached hydrogens (tertiary/aromatic N) is 1. The van der Waals surface area contributed by atoms with E-state index in [2.05, 4.69) is 5.32 Å². The Bertz CT molecular complexity index is 596. The van der Waals surface area contributed by atoms with E-state index in [1.165, 1.54) is 16.8 Å². The summed E-state index contributed by atoms with van der Waals surface area (Å²) in [5, 5.41) is 11.6. The van der Waals surface area contributed by atoms with Crippen LogP contribution in [0.1, 0.15) is 16.1 Å². The Morgan fingerprint density at radius 2 is 2.10 bits per heavy atom. The molecule has 0 bridgehead atoms. The molecule has 0 saturated carbocycles. The lowest BCUT2D eigenvalue weighted by atomic mass is 10.2. The molecular formula is C14H14F2N2O2. The molecule has 0 aliphatic heterocycles. The van der Waals surface area contributed by atoms with Gasteiger partial charge in [0.15, 0.2) is 0 Å². The fourth-order valence-electron chi connectivity index (χ4n) is 1.87. The lowest BCUT2D eigenvalue weighted by molar-refractivity contribution is 0.0997. The molecule has 4 nitrogen and oxygen atoms in total. The van der Waals surface area contributed by atoms with Gasteiger partial charge >= 0.3 is 0 Å². The quantitative estimate of drug-likeness (QED) is 0.884. The molecule has 0 atom stereocenters. The van der Waals surface area contributed by atoms with Crippen molar-refractivity contribution >= 4 is 11.6 Å². The van der Waals surface area contributed by atoms with Gasteiger partial charge < -0.3 is 15.0 Å². The van der Waals surface area contributed by atoms with Gasteiger partial charge in [0.05, 0.1) is 13.2 Å². The minimum atomic E-state index is -2.52. The number of alkyl halides is 2. The number of amides is 1. The maximum Gasteiger partial charge on any atom is 0.272 e. The zero-order chi connectivity index (χ0) is 14.5. The van der Waals surface area contributed by atoms with Gasteiger partial charge in [-0.15, -0.1) is 0 Å². The first-order chi connectivity index (χ1) is 9.60. The van der Waals surface area contributed by atoms with Crippen LogP contribution in [-0.2, 0) is 13.2 Å². The van der Waals surface area contributed by atoms with E-state index in [1.54, 1.807) is 30.3 Å². The third-order valence-corrected chi connectivity index (χ3v) is 2.76. The van der Waals surface area contributed by atoms with Gasteiger partial charge in [-0.2, -0.15) is 0 Å². The first-order valence-corrected chi connectivity index (χ1v) is 6.04. The molecule has 0 radical (unpaired) electrons. The molecule has 1 amide bonds. The van der Waals surface area contributed by atoms with E-state index in [0.717, 1.165) is 0 Å². The number of carbonyl (C=O) groups excluding carboxylic acids is 1.